The average Bonchev–Trinajstić information content (AvgIpc) is 2.45. The molecule has 114 valence electrons. The van der Waals surface area contributed by atoms with Gasteiger partial charge in [-0.3, -0.25) is 4.79 Å². The first-order chi connectivity index (χ1) is 9.54. The number of carbonyl (C=O) groups excluding carboxylic acids is 2. The van der Waals surface area contributed by atoms with Gasteiger partial charge in [-0.2, -0.15) is 0 Å². The first-order valence-corrected chi connectivity index (χ1v) is 6.67. The van der Waals surface area contributed by atoms with Crippen LogP contribution in [0, 0.1) is 0 Å². The molecule has 0 aromatic carbocycles. The molecule has 0 radical (unpaired) electrons. The minimum Gasteiger partial charge on any atom is -0.480 e. The van der Waals surface area contributed by atoms with Gasteiger partial charge in [0.2, 0.25) is 5.91 Å². The number of hydrogen-bond acceptors (Lipinski definition) is 4. The quantitative estimate of drug-likeness (QED) is 0.604. The monoisotopic (exact) mass is 287 g/mol. The van der Waals surface area contributed by atoms with Crippen molar-refractivity contribution in [2.45, 2.75) is 25.8 Å². The third-order valence-electron chi connectivity index (χ3n) is 3.00. The van der Waals surface area contributed by atoms with Gasteiger partial charge in [0.05, 0.1) is 13.2 Å². The van der Waals surface area contributed by atoms with E-state index in [2.05, 4.69) is 10.6 Å². The molecule has 3 amide bonds. The van der Waals surface area contributed by atoms with Crippen LogP contribution in [0.15, 0.2) is 0 Å². The van der Waals surface area contributed by atoms with Crippen LogP contribution >= 0.6 is 0 Å². The van der Waals surface area contributed by atoms with E-state index in [0.717, 1.165) is 0 Å². The molecule has 0 bridgehead atoms. The molecule has 0 unspecified atom stereocenters. The van der Waals surface area contributed by atoms with Crippen molar-refractivity contribution in [3.63, 3.8) is 0 Å². The number of carboxylic acids is 1. The lowest BCUT2D eigenvalue weighted by Gasteiger charge is -2.26. The third kappa shape index (κ3) is 5.43. The van der Waals surface area contributed by atoms with E-state index in [1.165, 1.54) is 0 Å². The second kappa shape index (κ2) is 8.36. The van der Waals surface area contributed by atoms with Gasteiger partial charge in [-0.1, -0.05) is 6.92 Å². The Morgan fingerprint density at radius 2 is 1.95 bits per heavy atom. The molecule has 8 heteroatoms. The zero-order chi connectivity index (χ0) is 15.0. The zero-order valence-corrected chi connectivity index (χ0v) is 11.6. The van der Waals surface area contributed by atoms with Crippen LogP contribution in [-0.2, 0) is 14.3 Å². The fourth-order valence-corrected chi connectivity index (χ4v) is 1.80. The number of carboxylic acid groups (broad SMARTS) is 1. The van der Waals surface area contributed by atoms with Gasteiger partial charge >= 0.3 is 12.0 Å². The second-order valence-electron chi connectivity index (χ2n) is 4.44. The normalized spacial score (nSPS) is 16.4. The largest absolute Gasteiger partial charge is 0.480 e. The van der Waals surface area contributed by atoms with Gasteiger partial charge in [0, 0.05) is 26.1 Å². The molecule has 0 aromatic rings. The van der Waals surface area contributed by atoms with Crippen molar-refractivity contribution in [1.82, 2.24) is 15.5 Å². The van der Waals surface area contributed by atoms with Crippen LogP contribution in [0.4, 0.5) is 4.79 Å². The molecule has 1 fully saturated rings. The van der Waals surface area contributed by atoms with Crippen LogP contribution in [0.25, 0.3) is 0 Å². The van der Waals surface area contributed by atoms with E-state index in [4.69, 9.17) is 9.84 Å². The smallest absolute Gasteiger partial charge is 0.326 e. The number of hydrogen-bond donors (Lipinski definition) is 3. The van der Waals surface area contributed by atoms with E-state index in [-0.39, 0.29) is 18.9 Å². The summed E-state index contributed by atoms with van der Waals surface area (Å²) in [5, 5.41) is 13.6. The Balaban J connectivity index is 2.20. The molecule has 1 saturated heterocycles. The summed E-state index contributed by atoms with van der Waals surface area (Å²) >= 11 is 0. The van der Waals surface area contributed by atoms with E-state index in [1.807, 2.05) is 0 Å². The summed E-state index contributed by atoms with van der Waals surface area (Å²) in [7, 11) is 0. The molecule has 1 aliphatic heterocycles. The maximum absolute atomic E-state index is 11.8. The maximum atomic E-state index is 11.8. The molecule has 1 aliphatic rings. The Kier molecular flexibility index (Phi) is 6.78. The first kappa shape index (κ1) is 16.2. The third-order valence-corrected chi connectivity index (χ3v) is 3.00. The molecule has 0 aliphatic carbocycles. The van der Waals surface area contributed by atoms with Crippen LogP contribution in [0.2, 0.25) is 0 Å². The number of urea groups is 1. The number of aliphatic carboxylic acids is 1. The summed E-state index contributed by atoms with van der Waals surface area (Å²) in [6.07, 6.45) is 0.493. The van der Waals surface area contributed by atoms with Gasteiger partial charge in [0.1, 0.15) is 6.04 Å². The molecule has 1 atom stereocenters. The highest BCUT2D eigenvalue weighted by atomic mass is 16.5. The SMILES string of the molecule is CC[C@@H](NC(=O)NCCC(=O)N1CCOCC1)C(=O)O. The van der Waals surface area contributed by atoms with Gasteiger partial charge in [-0.25, -0.2) is 9.59 Å². The number of ether oxygens (including phenoxy) is 1. The molecule has 0 aromatic heterocycles. The predicted octanol–water partition coefficient (Wildman–Crippen LogP) is -0.602. The van der Waals surface area contributed by atoms with Gasteiger partial charge < -0.3 is 25.4 Å². The van der Waals surface area contributed by atoms with Crippen LogP contribution in [0.1, 0.15) is 19.8 Å². The van der Waals surface area contributed by atoms with Gasteiger partial charge in [-0.05, 0) is 6.42 Å². The minimum absolute atomic E-state index is 0.0427. The predicted molar refractivity (Wildman–Crippen MR) is 70.3 cm³/mol. The lowest BCUT2D eigenvalue weighted by molar-refractivity contribution is -0.139. The second-order valence-corrected chi connectivity index (χ2v) is 4.44. The summed E-state index contributed by atoms with van der Waals surface area (Å²) in [6, 6.07) is -1.49. The van der Waals surface area contributed by atoms with Gasteiger partial charge in [-0.15, -0.1) is 0 Å². The Morgan fingerprint density at radius 3 is 2.50 bits per heavy atom. The first-order valence-electron chi connectivity index (χ1n) is 6.67. The van der Waals surface area contributed by atoms with Crippen molar-refractivity contribution < 1.29 is 24.2 Å². The highest BCUT2D eigenvalue weighted by Crippen LogP contribution is 1.99. The molecule has 1 rings (SSSR count). The van der Waals surface area contributed by atoms with E-state index >= 15 is 0 Å². The summed E-state index contributed by atoms with van der Waals surface area (Å²) < 4.78 is 5.14. The summed E-state index contributed by atoms with van der Waals surface area (Å²) in [5.74, 6) is -1.12. The topological polar surface area (TPSA) is 108 Å². The summed E-state index contributed by atoms with van der Waals surface area (Å²) in [6.45, 7) is 4.07. The van der Waals surface area contributed by atoms with Crippen molar-refractivity contribution >= 4 is 17.9 Å². The molecule has 8 nitrogen and oxygen atoms in total. The Morgan fingerprint density at radius 1 is 1.30 bits per heavy atom. The fourth-order valence-electron chi connectivity index (χ4n) is 1.80. The van der Waals surface area contributed by atoms with Crippen LogP contribution in [0.5, 0.6) is 0 Å². The van der Waals surface area contributed by atoms with Crippen LogP contribution in [0.3, 0.4) is 0 Å². The Bertz CT molecular complexity index is 355. The van der Waals surface area contributed by atoms with Crippen LogP contribution in [-0.4, -0.2) is 66.8 Å². The number of amides is 3. The zero-order valence-electron chi connectivity index (χ0n) is 11.6. The van der Waals surface area contributed by atoms with Crippen LogP contribution < -0.4 is 10.6 Å². The number of nitrogens with zero attached hydrogens (tertiary/aromatic N) is 1. The summed E-state index contributed by atoms with van der Waals surface area (Å²) in [5.41, 5.74) is 0. The van der Waals surface area contributed by atoms with Crippen molar-refractivity contribution in [3.8, 4) is 0 Å². The van der Waals surface area contributed by atoms with Crippen molar-refractivity contribution in [3.05, 3.63) is 0 Å². The van der Waals surface area contributed by atoms with Gasteiger partial charge in [0.15, 0.2) is 0 Å². The van der Waals surface area contributed by atoms with E-state index in [0.29, 0.717) is 32.7 Å². The van der Waals surface area contributed by atoms with E-state index in [1.54, 1.807) is 11.8 Å². The molecule has 20 heavy (non-hydrogen) atoms. The highest BCUT2D eigenvalue weighted by molar-refractivity contribution is 5.83. The number of nitrogens with one attached hydrogen (secondary N) is 2. The maximum Gasteiger partial charge on any atom is 0.326 e. The number of rotatable bonds is 6. The fraction of sp³-hybridized carbons (Fsp3) is 0.750. The molecule has 0 spiro atoms. The van der Waals surface area contributed by atoms with E-state index in [9.17, 15) is 14.4 Å². The Hall–Kier alpha value is -1.83. The number of morpholine rings is 1. The van der Waals surface area contributed by atoms with Crippen molar-refractivity contribution in [2.24, 2.45) is 0 Å². The average molecular weight is 287 g/mol. The lowest BCUT2D eigenvalue weighted by Crippen LogP contribution is -2.47. The molecule has 1 heterocycles. The molecular formula is C12H21N3O5. The van der Waals surface area contributed by atoms with Crippen molar-refractivity contribution in [1.29, 1.82) is 0 Å². The standard InChI is InChI=1S/C12H21N3O5/c1-2-9(11(17)18)14-12(19)13-4-3-10(16)15-5-7-20-8-6-15/h9H,2-8H2,1H3,(H,17,18)(H2,13,14,19)/t9-/m1/s1. The Labute approximate surface area is 117 Å². The molecular weight excluding hydrogens is 266 g/mol. The minimum atomic E-state index is -1.08. The summed E-state index contributed by atoms with van der Waals surface area (Å²) in [4.78, 5) is 35.6. The highest BCUT2D eigenvalue weighted by Gasteiger charge is 2.18. The van der Waals surface area contributed by atoms with Gasteiger partial charge in [0.25, 0.3) is 0 Å². The van der Waals surface area contributed by atoms with E-state index < -0.39 is 18.0 Å². The molecule has 0 saturated carbocycles. The molecule has 3 N–H and O–H groups in total. The lowest BCUT2D eigenvalue weighted by atomic mass is 10.2. The number of carbonyl (C=O) groups is 3. The van der Waals surface area contributed by atoms with Crippen molar-refractivity contribution in [2.75, 3.05) is 32.8 Å².